The molecule has 5 rings (SSSR count). The molecule has 44 heavy (non-hydrogen) atoms. The summed E-state index contributed by atoms with van der Waals surface area (Å²) in [5.74, 6) is -3.65. The van der Waals surface area contributed by atoms with Crippen molar-refractivity contribution in [2.24, 2.45) is 11.8 Å². The number of nitrogens with one attached hydrogen (secondary N) is 1. The molecule has 0 saturated carbocycles. The number of carbonyl (C=O) groups excluding carboxylic acids is 4. The fourth-order valence-electron chi connectivity index (χ4n) is 7.21. The Balaban J connectivity index is 1.62. The molecule has 11 heteroatoms. The second-order valence-corrected chi connectivity index (χ2v) is 13.3. The van der Waals surface area contributed by atoms with Crippen LogP contribution in [0.5, 0.6) is 0 Å². The van der Waals surface area contributed by atoms with Crippen molar-refractivity contribution in [3.8, 4) is 0 Å². The third-order valence-corrected chi connectivity index (χ3v) is 10.0. The number of allylic oxidation sites excluding steroid dienone is 1. The Hall–Kier alpha value is -3.02. The molecule has 0 aromatic heterocycles. The van der Waals surface area contributed by atoms with Crippen molar-refractivity contribution in [2.75, 3.05) is 13.2 Å². The van der Waals surface area contributed by atoms with Crippen molar-refractivity contribution < 1.29 is 33.8 Å². The van der Waals surface area contributed by atoms with Gasteiger partial charge in [0.15, 0.2) is 0 Å². The predicted octanol–water partition coefficient (Wildman–Crippen LogP) is 3.40. The fourth-order valence-corrected chi connectivity index (χ4v) is 7.95. The number of cyclic esters (lactones) is 1. The largest absolute Gasteiger partial charge is 0.455 e. The number of ether oxygens (including phenoxy) is 2. The van der Waals surface area contributed by atoms with Gasteiger partial charge < -0.3 is 29.7 Å². The highest BCUT2D eigenvalue weighted by Crippen LogP contribution is 2.59. The minimum absolute atomic E-state index is 0.154. The lowest BCUT2D eigenvalue weighted by atomic mass is 9.74. The normalized spacial score (nSPS) is 34.7. The molecule has 1 aromatic rings. The number of fused-ring (bicyclic) bond motifs is 2. The van der Waals surface area contributed by atoms with Crippen molar-refractivity contribution in [1.82, 2.24) is 15.1 Å². The van der Waals surface area contributed by atoms with E-state index >= 15 is 0 Å². The highest BCUT2D eigenvalue weighted by molar-refractivity contribution is 9.11. The molecular weight excluding hydrogens is 630 g/mol. The number of esters is 1. The number of carbonyl (C=O) groups is 4. The van der Waals surface area contributed by atoms with Crippen LogP contribution in [0.1, 0.15) is 65.0 Å². The quantitative estimate of drug-likeness (QED) is 0.351. The summed E-state index contributed by atoms with van der Waals surface area (Å²) in [6, 6.07) is 6.66. The first kappa shape index (κ1) is 32.4. The first-order chi connectivity index (χ1) is 21.0. The monoisotopic (exact) mass is 671 g/mol. The number of aliphatic hydroxyl groups excluding tert-OH is 1. The van der Waals surface area contributed by atoms with Gasteiger partial charge in [-0.3, -0.25) is 19.2 Å². The van der Waals surface area contributed by atoms with Crippen LogP contribution in [0.25, 0.3) is 0 Å². The van der Waals surface area contributed by atoms with Crippen molar-refractivity contribution in [1.29, 1.82) is 0 Å². The van der Waals surface area contributed by atoms with Crippen LogP contribution in [0.4, 0.5) is 0 Å². The van der Waals surface area contributed by atoms with Crippen LogP contribution >= 0.6 is 15.9 Å². The topological polar surface area (TPSA) is 125 Å². The molecule has 4 aliphatic heterocycles. The maximum absolute atomic E-state index is 14.6. The van der Waals surface area contributed by atoms with E-state index < -0.39 is 59.6 Å². The molecule has 0 aliphatic carbocycles. The summed E-state index contributed by atoms with van der Waals surface area (Å²) >= 11 is 3.58. The Kier molecular flexibility index (Phi) is 9.67. The number of halogens is 1. The van der Waals surface area contributed by atoms with Crippen molar-refractivity contribution >= 4 is 39.6 Å². The standard InChI is InChI=1S/C33H42BrN3O7/c1-5-12-19(2)36-16-11-7-10-15-24(39)35-21(4)27(22-13-8-6-9-14-22)43-32(42)25-26-30(40)37(20(3)18-38)29(31(36)41)33(26)17-23(34)28(25)44-33/h6-9,11,13-14,17,19-21,25-29,38H,5,10,12,15-16,18H2,1-4H3,(H,35,39)/b11-7-/t19?,20-,21+,25-,26+,27-,28-,29-,33+/m1/s1. The van der Waals surface area contributed by atoms with Gasteiger partial charge in [-0.1, -0.05) is 71.8 Å². The zero-order chi connectivity index (χ0) is 31.8. The Bertz CT molecular complexity index is 1340. The van der Waals surface area contributed by atoms with Gasteiger partial charge in [-0.25, -0.2) is 0 Å². The Morgan fingerprint density at radius 3 is 2.48 bits per heavy atom. The molecule has 3 amide bonds. The van der Waals surface area contributed by atoms with E-state index in [9.17, 15) is 24.3 Å². The molecule has 1 spiro atoms. The van der Waals surface area contributed by atoms with Gasteiger partial charge in [-0.15, -0.1) is 0 Å². The summed E-state index contributed by atoms with van der Waals surface area (Å²) in [5, 5.41) is 13.2. The lowest BCUT2D eigenvalue weighted by molar-refractivity contribution is -0.162. The first-order valence-corrected chi connectivity index (χ1v) is 16.3. The van der Waals surface area contributed by atoms with Crippen LogP contribution in [0.3, 0.4) is 0 Å². The van der Waals surface area contributed by atoms with Crippen LogP contribution < -0.4 is 5.32 Å². The van der Waals surface area contributed by atoms with Crippen molar-refractivity contribution in [3.05, 3.63) is 58.6 Å². The van der Waals surface area contributed by atoms with E-state index in [-0.39, 0.29) is 37.4 Å². The smallest absolute Gasteiger partial charge is 0.313 e. The van der Waals surface area contributed by atoms with Crippen LogP contribution in [0.2, 0.25) is 0 Å². The van der Waals surface area contributed by atoms with Gasteiger partial charge in [0.05, 0.1) is 24.6 Å². The molecule has 2 N–H and O–H groups in total. The van der Waals surface area contributed by atoms with Gasteiger partial charge in [0.25, 0.3) is 0 Å². The highest BCUT2D eigenvalue weighted by Gasteiger charge is 2.75. The van der Waals surface area contributed by atoms with Gasteiger partial charge in [0, 0.05) is 23.5 Å². The number of hydrogen-bond donors (Lipinski definition) is 2. The Morgan fingerprint density at radius 1 is 1.07 bits per heavy atom. The minimum Gasteiger partial charge on any atom is -0.455 e. The number of rotatable bonds is 6. The van der Waals surface area contributed by atoms with Crippen LogP contribution in [0.15, 0.2) is 53.0 Å². The molecule has 10 nitrogen and oxygen atoms in total. The fraction of sp³-hybridized carbons (Fsp3) is 0.576. The van der Waals surface area contributed by atoms with E-state index in [1.54, 1.807) is 24.8 Å². The predicted molar refractivity (Wildman–Crippen MR) is 166 cm³/mol. The van der Waals surface area contributed by atoms with Gasteiger partial charge in [0.2, 0.25) is 17.7 Å². The third kappa shape index (κ3) is 5.63. The van der Waals surface area contributed by atoms with E-state index in [2.05, 4.69) is 21.2 Å². The second kappa shape index (κ2) is 13.1. The van der Waals surface area contributed by atoms with Crippen LogP contribution in [0, 0.1) is 11.8 Å². The summed E-state index contributed by atoms with van der Waals surface area (Å²) < 4.78 is 13.3. The zero-order valence-corrected chi connectivity index (χ0v) is 27.2. The van der Waals surface area contributed by atoms with Crippen molar-refractivity contribution in [3.63, 3.8) is 0 Å². The van der Waals surface area contributed by atoms with E-state index in [1.165, 1.54) is 4.90 Å². The third-order valence-electron chi connectivity index (χ3n) is 9.35. The zero-order valence-electron chi connectivity index (χ0n) is 25.6. The summed E-state index contributed by atoms with van der Waals surface area (Å²) in [6.45, 7) is 7.41. The molecule has 9 atom stereocenters. The summed E-state index contributed by atoms with van der Waals surface area (Å²) in [4.78, 5) is 59.2. The molecule has 1 aromatic carbocycles. The Labute approximate surface area is 266 Å². The number of likely N-dealkylation sites (tertiary alicyclic amines) is 1. The lowest BCUT2D eigenvalue weighted by Gasteiger charge is -2.39. The van der Waals surface area contributed by atoms with Crippen molar-refractivity contribution in [2.45, 2.75) is 95.4 Å². The number of nitrogens with zero attached hydrogens (tertiary/aromatic N) is 2. The molecule has 4 aliphatic rings. The van der Waals surface area contributed by atoms with Gasteiger partial charge >= 0.3 is 5.97 Å². The summed E-state index contributed by atoms with van der Waals surface area (Å²) in [6.07, 6.45) is 6.16. The molecule has 2 fully saturated rings. The number of hydrogen-bond acceptors (Lipinski definition) is 7. The molecule has 238 valence electrons. The molecule has 2 saturated heterocycles. The van der Waals surface area contributed by atoms with E-state index in [0.717, 1.165) is 12.8 Å². The molecule has 0 radical (unpaired) electrons. The average molecular weight is 673 g/mol. The van der Waals surface area contributed by atoms with Gasteiger partial charge in [-0.05, 0) is 45.3 Å². The lowest BCUT2D eigenvalue weighted by Crippen LogP contribution is -2.59. The number of benzene rings is 1. The van der Waals surface area contributed by atoms with E-state index in [0.29, 0.717) is 16.5 Å². The van der Waals surface area contributed by atoms with Gasteiger partial charge in [-0.2, -0.15) is 0 Å². The minimum atomic E-state index is -1.42. The summed E-state index contributed by atoms with van der Waals surface area (Å²) in [7, 11) is 0. The van der Waals surface area contributed by atoms with Crippen LogP contribution in [-0.2, 0) is 28.7 Å². The summed E-state index contributed by atoms with van der Waals surface area (Å²) in [5.41, 5.74) is -0.726. The number of amides is 3. The SMILES string of the molecule is CCCC(C)N1C/C=C\CCC(=O)N[C@@H](C)[C@H](c2ccccc2)OC(=O)[C@H]2[C@@H]3O[C@@]4(C=C3Br)[C@@H]2C(=O)N([C@H](C)CO)[C@@H]4C1=O. The molecule has 1 unspecified atom stereocenters. The first-order valence-electron chi connectivity index (χ1n) is 15.5. The maximum Gasteiger partial charge on any atom is 0.313 e. The molecule has 5 bridgehead atoms. The van der Waals surface area contributed by atoms with E-state index in [1.807, 2.05) is 56.3 Å². The highest BCUT2D eigenvalue weighted by atomic mass is 79.9. The molecular formula is C33H42BrN3O7. The van der Waals surface area contributed by atoms with E-state index in [4.69, 9.17) is 9.47 Å². The van der Waals surface area contributed by atoms with Gasteiger partial charge in [0.1, 0.15) is 29.8 Å². The van der Waals surface area contributed by atoms with Crippen LogP contribution in [-0.4, -0.2) is 87.6 Å². The number of aliphatic hydroxyl groups is 1. The maximum atomic E-state index is 14.6. The Morgan fingerprint density at radius 2 is 1.80 bits per heavy atom. The second-order valence-electron chi connectivity index (χ2n) is 12.4. The average Bonchev–Trinajstić information content (AvgIpc) is 3.60. The molecule has 4 heterocycles.